The summed E-state index contributed by atoms with van der Waals surface area (Å²) in [7, 11) is 0. The minimum atomic E-state index is -1.07. The van der Waals surface area contributed by atoms with Crippen LogP contribution in [-0.2, 0) is 22.5 Å². The van der Waals surface area contributed by atoms with E-state index in [2.05, 4.69) is 15.3 Å². The summed E-state index contributed by atoms with van der Waals surface area (Å²) < 4.78 is 7.01. The molecule has 0 saturated heterocycles. The summed E-state index contributed by atoms with van der Waals surface area (Å²) in [6, 6.07) is 9.73. The predicted molar refractivity (Wildman–Crippen MR) is 135 cm³/mol. The number of rotatable bonds is 5. The molecule has 0 aliphatic carbocycles. The van der Waals surface area contributed by atoms with Gasteiger partial charge in [-0.25, -0.2) is 14.8 Å². The van der Waals surface area contributed by atoms with Gasteiger partial charge in [0.2, 0.25) is 0 Å². The molecule has 3 heterocycles. The first-order valence-electron chi connectivity index (χ1n) is 10.8. The molecule has 1 aliphatic heterocycles. The average molecular weight is 529 g/mol. The molecule has 0 spiro atoms. The maximum atomic E-state index is 12.7. The SMILES string of the molecule is C[C@@H](OC(=O)c1ccc2c(=O)n3c(nc2c1)CCC3)C(=O)Nc1nc(-c2ccc(Cl)c(Cl)c2)cs1. The first kappa shape index (κ1) is 23.5. The number of halogens is 2. The van der Waals surface area contributed by atoms with Crippen molar-refractivity contribution in [3.63, 3.8) is 0 Å². The van der Waals surface area contributed by atoms with Gasteiger partial charge in [-0.15, -0.1) is 11.3 Å². The molecule has 5 rings (SSSR count). The van der Waals surface area contributed by atoms with Crippen LogP contribution in [0.5, 0.6) is 0 Å². The van der Waals surface area contributed by atoms with E-state index in [1.165, 1.54) is 30.4 Å². The third-order valence-electron chi connectivity index (χ3n) is 5.65. The van der Waals surface area contributed by atoms with E-state index in [0.29, 0.717) is 44.1 Å². The summed E-state index contributed by atoms with van der Waals surface area (Å²) in [6.07, 6.45) is 0.517. The van der Waals surface area contributed by atoms with Gasteiger partial charge in [-0.05, 0) is 43.7 Å². The number of hydrogen-bond acceptors (Lipinski definition) is 7. The van der Waals surface area contributed by atoms with Gasteiger partial charge in [0.05, 0.1) is 32.2 Å². The monoisotopic (exact) mass is 528 g/mol. The van der Waals surface area contributed by atoms with Crippen molar-refractivity contribution in [2.24, 2.45) is 0 Å². The van der Waals surface area contributed by atoms with Gasteiger partial charge in [-0.3, -0.25) is 19.5 Å². The highest BCUT2D eigenvalue weighted by Crippen LogP contribution is 2.30. The van der Waals surface area contributed by atoms with Crippen molar-refractivity contribution in [3.05, 3.63) is 73.6 Å². The Labute approximate surface area is 213 Å². The zero-order valence-electron chi connectivity index (χ0n) is 18.4. The van der Waals surface area contributed by atoms with Crippen molar-refractivity contribution in [3.8, 4) is 11.3 Å². The van der Waals surface area contributed by atoms with E-state index in [4.69, 9.17) is 27.9 Å². The van der Waals surface area contributed by atoms with Crippen LogP contribution in [0, 0.1) is 0 Å². The van der Waals surface area contributed by atoms with Crippen molar-refractivity contribution in [2.45, 2.75) is 32.4 Å². The van der Waals surface area contributed by atoms with Gasteiger partial charge in [0, 0.05) is 23.9 Å². The van der Waals surface area contributed by atoms with Crippen molar-refractivity contribution in [1.82, 2.24) is 14.5 Å². The first-order chi connectivity index (χ1) is 16.8. The van der Waals surface area contributed by atoms with Crippen LogP contribution in [0.25, 0.3) is 22.2 Å². The third-order valence-corrected chi connectivity index (χ3v) is 7.15. The molecule has 2 aromatic heterocycles. The molecular formula is C24H18Cl2N4O4S. The first-order valence-corrected chi connectivity index (χ1v) is 12.4. The fourth-order valence-electron chi connectivity index (χ4n) is 3.82. The Hall–Kier alpha value is -3.27. The van der Waals surface area contributed by atoms with Crippen molar-refractivity contribution >= 4 is 62.4 Å². The minimum Gasteiger partial charge on any atom is -0.449 e. The number of ether oxygens (including phenoxy) is 1. The largest absolute Gasteiger partial charge is 0.449 e. The zero-order valence-corrected chi connectivity index (χ0v) is 20.7. The van der Waals surface area contributed by atoms with Crippen LogP contribution < -0.4 is 10.9 Å². The minimum absolute atomic E-state index is 0.112. The summed E-state index contributed by atoms with van der Waals surface area (Å²) in [5.74, 6) is -0.500. The number of aryl methyl sites for hydroxylation is 1. The highest BCUT2D eigenvalue weighted by molar-refractivity contribution is 7.14. The van der Waals surface area contributed by atoms with Gasteiger partial charge in [0.15, 0.2) is 11.2 Å². The molecule has 0 radical (unpaired) electrons. The molecule has 35 heavy (non-hydrogen) atoms. The Morgan fingerprint density at radius 2 is 1.97 bits per heavy atom. The molecule has 178 valence electrons. The van der Waals surface area contributed by atoms with E-state index in [1.807, 2.05) is 0 Å². The molecule has 11 heteroatoms. The molecule has 1 aliphatic rings. The van der Waals surface area contributed by atoms with Gasteiger partial charge < -0.3 is 4.74 Å². The fraction of sp³-hybridized carbons (Fsp3) is 0.208. The number of fused-ring (bicyclic) bond motifs is 2. The standard InChI is InChI=1S/C24H18Cl2N4O4S/c1-12(21(31)29-24-28-19(11-35-24)13-5-7-16(25)17(26)9-13)34-23(33)14-4-6-15-18(10-14)27-20-3-2-8-30(20)22(15)32/h4-7,9-12H,2-3,8H2,1H3,(H,28,29,31)/t12-/m1/s1. The number of nitrogens with one attached hydrogen (secondary N) is 1. The Balaban J connectivity index is 1.26. The molecule has 0 saturated carbocycles. The van der Waals surface area contributed by atoms with E-state index in [-0.39, 0.29) is 11.1 Å². The Bertz CT molecular complexity index is 1550. The number of carbonyl (C=O) groups is 2. The average Bonchev–Trinajstić information content (AvgIpc) is 3.50. The maximum absolute atomic E-state index is 12.7. The van der Waals surface area contributed by atoms with Gasteiger partial charge in [0.25, 0.3) is 11.5 Å². The number of aromatic nitrogens is 3. The maximum Gasteiger partial charge on any atom is 0.338 e. The molecule has 1 N–H and O–H groups in total. The van der Waals surface area contributed by atoms with E-state index in [1.54, 1.807) is 34.2 Å². The second-order valence-corrected chi connectivity index (χ2v) is 9.70. The van der Waals surface area contributed by atoms with E-state index in [0.717, 1.165) is 18.4 Å². The molecule has 0 unspecified atom stereocenters. The lowest BCUT2D eigenvalue weighted by atomic mass is 10.1. The number of hydrogen-bond donors (Lipinski definition) is 1. The smallest absolute Gasteiger partial charge is 0.338 e. The highest BCUT2D eigenvalue weighted by atomic mass is 35.5. The topological polar surface area (TPSA) is 103 Å². The van der Waals surface area contributed by atoms with Crippen LogP contribution in [0.3, 0.4) is 0 Å². The normalized spacial score (nSPS) is 13.5. The second-order valence-electron chi connectivity index (χ2n) is 8.02. The Morgan fingerprint density at radius 1 is 1.14 bits per heavy atom. The molecule has 1 atom stereocenters. The molecule has 0 fully saturated rings. The van der Waals surface area contributed by atoms with Crippen LogP contribution in [0.15, 0.2) is 46.6 Å². The lowest BCUT2D eigenvalue weighted by Gasteiger charge is -2.13. The van der Waals surface area contributed by atoms with Crippen molar-refractivity contribution in [2.75, 3.05) is 5.32 Å². The van der Waals surface area contributed by atoms with Crippen LogP contribution in [0.2, 0.25) is 10.0 Å². The second kappa shape index (κ2) is 9.41. The lowest BCUT2D eigenvalue weighted by molar-refractivity contribution is -0.123. The molecule has 2 aromatic carbocycles. The summed E-state index contributed by atoms with van der Waals surface area (Å²) in [5.41, 5.74) is 1.92. The number of anilines is 1. The van der Waals surface area contributed by atoms with Crippen molar-refractivity contribution < 1.29 is 14.3 Å². The Kier molecular flexibility index (Phi) is 6.31. The van der Waals surface area contributed by atoms with Crippen LogP contribution in [-0.4, -0.2) is 32.5 Å². The van der Waals surface area contributed by atoms with E-state index in [9.17, 15) is 14.4 Å². The van der Waals surface area contributed by atoms with Gasteiger partial charge >= 0.3 is 5.97 Å². The van der Waals surface area contributed by atoms with E-state index < -0.39 is 18.0 Å². The summed E-state index contributed by atoms with van der Waals surface area (Å²) >= 11 is 13.2. The number of esters is 1. The third kappa shape index (κ3) is 4.67. The van der Waals surface area contributed by atoms with Crippen LogP contribution in [0.4, 0.5) is 5.13 Å². The molecule has 0 bridgehead atoms. The van der Waals surface area contributed by atoms with Crippen molar-refractivity contribution in [1.29, 1.82) is 0 Å². The molecular weight excluding hydrogens is 511 g/mol. The van der Waals surface area contributed by atoms with Crippen LogP contribution >= 0.6 is 34.5 Å². The number of thiazole rings is 1. The molecule has 1 amide bonds. The summed E-state index contributed by atoms with van der Waals surface area (Å²) in [6.45, 7) is 2.13. The number of benzene rings is 2. The molecule has 8 nitrogen and oxygen atoms in total. The number of carbonyl (C=O) groups excluding carboxylic acids is 2. The summed E-state index contributed by atoms with van der Waals surface area (Å²) in [5, 5.41) is 6.06. The number of amides is 1. The van der Waals surface area contributed by atoms with Gasteiger partial charge in [-0.2, -0.15) is 0 Å². The van der Waals surface area contributed by atoms with Gasteiger partial charge in [0.1, 0.15) is 5.82 Å². The quantitative estimate of drug-likeness (QED) is 0.367. The predicted octanol–water partition coefficient (Wildman–Crippen LogP) is 4.96. The van der Waals surface area contributed by atoms with E-state index >= 15 is 0 Å². The number of nitrogens with zero attached hydrogens (tertiary/aromatic N) is 3. The highest BCUT2D eigenvalue weighted by Gasteiger charge is 2.22. The van der Waals surface area contributed by atoms with Gasteiger partial charge in [-0.1, -0.05) is 29.3 Å². The fourth-order valence-corrected chi connectivity index (χ4v) is 4.84. The lowest BCUT2D eigenvalue weighted by Crippen LogP contribution is -2.30. The molecule has 4 aromatic rings. The van der Waals surface area contributed by atoms with Crippen LogP contribution in [0.1, 0.15) is 29.5 Å². The zero-order chi connectivity index (χ0) is 24.7. The summed E-state index contributed by atoms with van der Waals surface area (Å²) in [4.78, 5) is 46.8. The Morgan fingerprint density at radius 3 is 2.77 bits per heavy atom.